The van der Waals surface area contributed by atoms with Gasteiger partial charge in [0.05, 0.1) is 19.2 Å². The molecule has 7 nitrogen and oxygen atoms in total. The summed E-state index contributed by atoms with van der Waals surface area (Å²) >= 11 is 0. The third-order valence-electron chi connectivity index (χ3n) is 4.53. The Balaban J connectivity index is 1.35. The second-order valence-corrected chi connectivity index (χ2v) is 6.55. The lowest BCUT2D eigenvalue weighted by Crippen LogP contribution is -2.48. The van der Waals surface area contributed by atoms with E-state index in [2.05, 4.69) is 10.6 Å². The van der Waals surface area contributed by atoms with Crippen LogP contribution in [0.1, 0.15) is 29.0 Å². The summed E-state index contributed by atoms with van der Waals surface area (Å²) in [5, 5.41) is 5.56. The number of nitrogens with zero attached hydrogens (tertiary/aromatic N) is 1. The third-order valence-corrected chi connectivity index (χ3v) is 4.53. The molecular formula is C20H23N3O4. The van der Waals surface area contributed by atoms with Gasteiger partial charge in [-0.3, -0.25) is 14.4 Å². The predicted molar refractivity (Wildman–Crippen MR) is 98.9 cm³/mol. The first-order valence-electron chi connectivity index (χ1n) is 9.04. The van der Waals surface area contributed by atoms with Crippen LogP contribution in [0.15, 0.2) is 53.1 Å². The number of furan rings is 1. The zero-order valence-electron chi connectivity index (χ0n) is 15.0. The highest BCUT2D eigenvalue weighted by Crippen LogP contribution is 2.14. The topological polar surface area (TPSA) is 91.7 Å². The number of carbonyl (C=O) groups is 3. The lowest BCUT2D eigenvalue weighted by molar-refractivity contribution is -0.126. The molecule has 0 unspecified atom stereocenters. The van der Waals surface area contributed by atoms with Crippen molar-refractivity contribution in [1.29, 1.82) is 0 Å². The molecule has 1 saturated heterocycles. The van der Waals surface area contributed by atoms with E-state index in [0.717, 1.165) is 5.56 Å². The predicted octanol–water partition coefficient (Wildman–Crippen LogP) is 1.36. The first kappa shape index (κ1) is 18.7. The Morgan fingerprint density at radius 3 is 2.41 bits per heavy atom. The lowest BCUT2D eigenvalue weighted by Gasteiger charge is -2.31. The SMILES string of the molecule is O=C(Cc1ccccc1)NCC(=O)NC1CCN(C(=O)c2ccco2)CC1. The lowest BCUT2D eigenvalue weighted by atomic mass is 10.0. The molecule has 142 valence electrons. The van der Waals surface area contributed by atoms with Crippen molar-refractivity contribution in [3.63, 3.8) is 0 Å². The number of benzene rings is 1. The van der Waals surface area contributed by atoms with Crippen LogP contribution in [0.2, 0.25) is 0 Å². The van der Waals surface area contributed by atoms with Crippen LogP contribution in [0.4, 0.5) is 0 Å². The largest absolute Gasteiger partial charge is 0.459 e. The first-order chi connectivity index (χ1) is 13.1. The minimum atomic E-state index is -0.216. The van der Waals surface area contributed by atoms with Gasteiger partial charge in [-0.05, 0) is 30.5 Å². The van der Waals surface area contributed by atoms with E-state index in [-0.39, 0.29) is 36.7 Å². The van der Waals surface area contributed by atoms with Crippen LogP contribution < -0.4 is 10.6 Å². The van der Waals surface area contributed by atoms with Gasteiger partial charge in [0.25, 0.3) is 5.91 Å². The fourth-order valence-electron chi connectivity index (χ4n) is 3.08. The third kappa shape index (κ3) is 5.44. The first-order valence-corrected chi connectivity index (χ1v) is 9.04. The van der Waals surface area contributed by atoms with Crippen molar-refractivity contribution in [3.8, 4) is 0 Å². The maximum atomic E-state index is 12.2. The highest BCUT2D eigenvalue weighted by molar-refractivity contribution is 5.91. The molecule has 2 N–H and O–H groups in total. The molecule has 7 heteroatoms. The van der Waals surface area contributed by atoms with Crippen molar-refractivity contribution in [2.24, 2.45) is 0 Å². The normalized spacial score (nSPS) is 14.6. The van der Waals surface area contributed by atoms with E-state index in [1.54, 1.807) is 17.0 Å². The molecule has 27 heavy (non-hydrogen) atoms. The molecule has 1 aliphatic rings. The average Bonchev–Trinajstić information content (AvgIpc) is 3.22. The minimum Gasteiger partial charge on any atom is -0.459 e. The highest BCUT2D eigenvalue weighted by atomic mass is 16.3. The summed E-state index contributed by atoms with van der Waals surface area (Å²) in [7, 11) is 0. The van der Waals surface area contributed by atoms with Crippen LogP contribution in [0.3, 0.4) is 0 Å². The summed E-state index contributed by atoms with van der Waals surface area (Å²) in [5.74, 6) is -0.195. The van der Waals surface area contributed by atoms with Crippen molar-refractivity contribution < 1.29 is 18.8 Å². The Bertz CT molecular complexity index is 766. The second-order valence-electron chi connectivity index (χ2n) is 6.55. The van der Waals surface area contributed by atoms with Gasteiger partial charge in [0.2, 0.25) is 11.8 Å². The summed E-state index contributed by atoms with van der Waals surface area (Å²) in [6, 6.07) is 12.7. The monoisotopic (exact) mass is 369 g/mol. The molecule has 3 rings (SSSR count). The van der Waals surface area contributed by atoms with Crippen molar-refractivity contribution in [1.82, 2.24) is 15.5 Å². The molecule has 1 fully saturated rings. The quantitative estimate of drug-likeness (QED) is 0.804. The number of amides is 3. The zero-order valence-corrected chi connectivity index (χ0v) is 15.0. The van der Waals surface area contributed by atoms with Crippen LogP contribution in [-0.2, 0) is 16.0 Å². The molecule has 0 spiro atoms. The maximum absolute atomic E-state index is 12.2. The molecule has 0 radical (unpaired) electrons. The summed E-state index contributed by atoms with van der Waals surface area (Å²) in [4.78, 5) is 37.9. The Morgan fingerprint density at radius 1 is 1.00 bits per heavy atom. The van der Waals surface area contributed by atoms with Gasteiger partial charge in [0.15, 0.2) is 5.76 Å². The fraction of sp³-hybridized carbons (Fsp3) is 0.350. The van der Waals surface area contributed by atoms with Gasteiger partial charge in [-0.15, -0.1) is 0 Å². The molecule has 1 aliphatic heterocycles. The van der Waals surface area contributed by atoms with Crippen LogP contribution in [0.25, 0.3) is 0 Å². The molecule has 0 aliphatic carbocycles. The molecule has 1 aromatic heterocycles. The van der Waals surface area contributed by atoms with Gasteiger partial charge in [-0.25, -0.2) is 0 Å². The summed E-state index contributed by atoms with van der Waals surface area (Å²) in [5.41, 5.74) is 0.906. The van der Waals surface area contributed by atoms with Crippen molar-refractivity contribution in [2.45, 2.75) is 25.3 Å². The number of carbonyl (C=O) groups excluding carboxylic acids is 3. The maximum Gasteiger partial charge on any atom is 0.289 e. The van der Waals surface area contributed by atoms with Gasteiger partial charge < -0.3 is 20.0 Å². The van der Waals surface area contributed by atoms with Crippen LogP contribution in [0, 0.1) is 0 Å². The number of hydrogen-bond acceptors (Lipinski definition) is 4. The van der Waals surface area contributed by atoms with Crippen molar-refractivity contribution in [3.05, 3.63) is 60.1 Å². The number of likely N-dealkylation sites (tertiary alicyclic amines) is 1. The molecule has 0 saturated carbocycles. The number of hydrogen-bond donors (Lipinski definition) is 2. The van der Waals surface area contributed by atoms with E-state index in [1.807, 2.05) is 30.3 Å². The molecule has 3 amide bonds. The van der Waals surface area contributed by atoms with Crippen LogP contribution in [-0.4, -0.2) is 48.3 Å². The van der Waals surface area contributed by atoms with E-state index < -0.39 is 0 Å². The van der Waals surface area contributed by atoms with Crippen molar-refractivity contribution >= 4 is 17.7 Å². The van der Waals surface area contributed by atoms with Gasteiger partial charge in [-0.2, -0.15) is 0 Å². The number of piperidine rings is 1. The number of rotatable bonds is 6. The molecule has 2 heterocycles. The van der Waals surface area contributed by atoms with Crippen molar-refractivity contribution in [2.75, 3.05) is 19.6 Å². The highest BCUT2D eigenvalue weighted by Gasteiger charge is 2.25. The summed E-state index contributed by atoms with van der Waals surface area (Å²) < 4.78 is 5.14. The fourth-order valence-corrected chi connectivity index (χ4v) is 3.08. The smallest absolute Gasteiger partial charge is 0.289 e. The minimum absolute atomic E-state index is 0.00387. The van der Waals surface area contributed by atoms with E-state index in [4.69, 9.17) is 4.42 Å². The molecule has 0 bridgehead atoms. The zero-order chi connectivity index (χ0) is 19.1. The Labute approximate surface area is 157 Å². The molecular weight excluding hydrogens is 346 g/mol. The Kier molecular flexibility index (Phi) is 6.25. The molecule has 1 aromatic carbocycles. The Hall–Kier alpha value is -3.09. The van der Waals surface area contributed by atoms with E-state index in [0.29, 0.717) is 31.7 Å². The van der Waals surface area contributed by atoms with Gasteiger partial charge in [-0.1, -0.05) is 30.3 Å². The Morgan fingerprint density at radius 2 is 1.74 bits per heavy atom. The number of nitrogens with one attached hydrogen (secondary N) is 2. The standard InChI is InChI=1S/C20H23N3O4/c24-18(13-15-5-2-1-3-6-15)21-14-19(25)22-16-8-10-23(11-9-16)20(26)17-7-4-12-27-17/h1-7,12,16H,8-11,13-14H2,(H,21,24)(H,22,25). The average molecular weight is 369 g/mol. The van der Waals surface area contributed by atoms with Gasteiger partial charge in [0.1, 0.15) is 0 Å². The van der Waals surface area contributed by atoms with E-state index >= 15 is 0 Å². The van der Waals surface area contributed by atoms with E-state index in [1.165, 1.54) is 6.26 Å². The summed E-state index contributed by atoms with van der Waals surface area (Å²) in [6.07, 6.45) is 3.08. The van der Waals surface area contributed by atoms with E-state index in [9.17, 15) is 14.4 Å². The van der Waals surface area contributed by atoms with Gasteiger partial charge >= 0.3 is 0 Å². The second kappa shape index (κ2) is 9.02. The van der Waals surface area contributed by atoms with Gasteiger partial charge in [0, 0.05) is 19.1 Å². The summed E-state index contributed by atoms with van der Waals surface area (Å²) in [6.45, 7) is 1.08. The molecule has 2 aromatic rings. The van der Waals surface area contributed by atoms with Crippen LogP contribution >= 0.6 is 0 Å². The molecule has 0 atom stereocenters. The van der Waals surface area contributed by atoms with Crippen LogP contribution in [0.5, 0.6) is 0 Å².